The summed E-state index contributed by atoms with van der Waals surface area (Å²) in [6.45, 7) is 0.238. The van der Waals surface area contributed by atoms with E-state index in [0.717, 1.165) is 19.3 Å². The van der Waals surface area contributed by atoms with Crippen LogP contribution in [0.4, 0.5) is 0 Å². The number of carbonyl (C=O) groups excluding carboxylic acids is 2. The Hall–Kier alpha value is -1.50. The second kappa shape index (κ2) is 7.64. The third-order valence-corrected chi connectivity index (χ3v) is 7.44. The summed E-state index contributed by atoms with van der Waals surface area (Å²) >= 11 is 18.2. The average Bonchev–Trinajstić information content (AvgIpc) is 2.63. The fraction of sp³-hybridized carbons (Fsp3) is 0.550. The predicted molar refractivity (Wildman–Crippen MR) is 106 cm³/mol. The molecule has 6 nitrogen and oxygen atoms in total. The first-order valence-corrected chi connectivity index (χ1v) is 10.6. The smallest absolute Gasteiger partial charge is 0.422 e. The van der Waals surface area contributed by atoms with Gasteiger partial charge in [-0.15, -0.1) is 0 Å². The van der Waals surface area contributed by atoms with Gasteiger partial charge in [-0.05, 0) is 62.3 Å². The van der Waals surface area contributed by atoms with Crippen molar-refractivity contribution in [3.8, 4) is 5.75 Å². The second-order valence-corrected chi connectivity index (χ2v) is 9.74. The molecule has 0 aliphatic heterocycles. The van der Waals surface area contributed by atoms with E-state index in [0.29, 0.717) is 17.8 Å². The van der Waals surface area contributed by atoms with Gasteiger partial charge in [-0.1, -0.05) is 34.8 Å². The minimum atomic E-state index is -1.83. The van der Waals surface area contributed by atoms with Crippen molar-refractivity contribution in [2.45, 2.75) is 38.5 Å². The van der Waals surface area contributed by atoms with Gasteiger partial charge in [-0.3, -0.25) is 0 Å². The van der Waals surface area contributed by atoms with Gasteiger partial charge >= 0.3 is 17.9 Å². The van der Waals surface area contributed by atoms with Crippen LogP contribution in [0.25, 0.3) is 0 Å². The summed E-state index contributed by atoms with van der Waals surface area (Å²) in [5.41, 5.74) is -0.375. The van der Waals surface area contributed by atoms with Crippen molar-refractivity contribution in [3.05, 3.63) is 26.7 Å². The first-order valence-electron chi connectivity index (χ1n) is 9.47. The molecule has 0 radical (unpaired) electrons. The van der Waals surface area contributed by atoms with Gasteiger partial charge in [0.05, 0.1) is 21.7 Å². The van der Waals surface area contributed by atoms with Crippen LogP contribution in [0.15, 0.2) is 6.07 Å². The van der Waals surface area contributed by atoms with Gasteiger partial charge in [0.2, 0.25) is 0 Å². The highest BCUT2D eigenvalue weighted by atomic mass is 35.5. The third-order valence-electron chi connectivity index (χ3n) is 6.37. The maximum absolute atomic E-state index is 12.9. The van der Waals surface area contributed by atoms with E-state index in [2.05, 4.69) is 0 Å². The van der Waals surface area contributed by atoms with Crippen LogP contribution in [-0.2, 0) is 14.3 Å². The topological polar surface area (TPSA) is 89.9 Å². The van der Waals surface area contributed by atoms with E-state index in [4.69, 9.17) is 49.4 Å². The molecule has 4 saturated carbocycles. The highest BCUT2D eigenvalue weighted by molar-refractivity contribution is 6.46. The molecule has 1 aromatic rings. The van der Waals surface area contributed by atoms with Gasteiger partial charge < -0.3 is 14.6 Å². The summed E-state index contributed by atoms with van der Waals surface area (Å²) < 4.78 is 10.4. The van der Waals surface area contributed by atoms with Crippen LogP contribution in [0, 0.1) is 23.2 Å². The van der Waals surface area contributed by atoms with E-state index in [1.165, 1.54) is 25.3 Å². The summed E-state index contributed by atoms with van der Waals surface area (Å²) in [7, 11) is 0. The number of hydrogen-bond acceptors (Lipinski definition) is 5. The SMILES string of the molecule is O=C(O)C(=O)Oc1c(Cl)cc(Cl)c(Cl)c1C(=O)OCC12CC3CC(CC(C3)C1)C2. The normalized spacial score (nSPS) is 29.6. The lowest BCUT2D eigenvalue weighted by molar-refractivity contribution is -0.158. The van der Waals surface area contributed by atoms with Gasteiger partial charge in [0.15, 0.2) is 5.75 Å². The van der Waals surface area contributed by atoms with E-state index in [1.54, 1.807) is 0 Å². The summed E-state index contributed by atoms with van der Waals surface area (Å²) in [4.78, 5) is 35.2. The zero-order valence-electron chi connectivity index (χ0n) is 15.4. The van der Waals surface area contributed by atoms with Crippen molar-refractivity contribution >= 4 is 52.7 Å². The van der Waals surface area contributed by atoms with E-state index in [9.17, 15) is 14.4 Å². The lowest BCUT2D eigenvalue weighted by Gasteiger charge is -2.56. The third kappa shape index (κ3) is 3.94. The first kappa shape index (κ1) is 20.8. The molecule has 0 heterocycles. The Morgan fingerprint density at radius 3 is 2.07 bits per heavy atom. The summed E-state index contributed by atoms with van der Waals surface area (Å²) in [5, 5.41) is 8.34. The van der Waals surface area contributed by atoms with Gasteiger partial charge in [-0.25, -0.2) is 14.4 Å². The van der Waals surface area contributed by atoms with Crippen LogP contribution in [0.3, 0.4) is 0 Å². The number of hydrogen-bond donors (Lipinski definition) is 1. The van der Waals surface area contributed by atoms with E-state index >= 15 is 0 Å². The molecule has 0 atom stereocenters. The Morgan fingerprint density at radius 2 is 1.55 bits per heavy atom. The molecule has 5 rings (SSSR count). The molecule has 4 bridgehead atoms. The Balaban J connectivity index is 1.57. The van der Waals surface area contributed by atoms with E-state index in [1.807, 2.05) is 0 Å². The second-order valence-electron chi connectivity index (χ2n) is 8.55. The van der Waals surface area contributed by atoms with Crippen LogP contribution in [0.2, 0.25) is 15.1 Å². The fourth-order valence-electron chi connectivity index (χ4n) is 5.75. The molecule has 4 aliphatic rings. The number of carbonyl (C=O) groups is 3. The highest BCUT2D eigenvalue weighted by Gasteiger charge is 2.51. The summed E-state index contributed by atoms with van der Waals surface area (Å²) in [6, 6.07) is 1.17. The Bertz CT molecular complexity index is 861. The molecule has 0 spiro atoms. The quantitative estimate of drug-likeness (QED) is 0.293. The molecule has 9 heteroatoms. The molecular formula is C20H19Cl3O6. The van der Waals surface area contributed by atoms with Crippen LogP contribution in [0.1, 0.15) is 48.9 Å². The molecular weight excluding hydrogens is 443 g/mol. The van der Waals surface area contributed by atoms with Crippen LogP contribution < -0.4 is 4.74 Å². The van der Waals surface area contributed by atoms with Gasteiger partial charge in [0.1, 0.15) is 5.56 Å². The van der Waals surface area contributed by atoms with Crippen LogP contribution >= 0.6 is 34.8 Å². The highest BCUT2D eigenvalue weighted by Crippen LogP contribution is 2.60. The molecule has 0 unspecified atom stereocenters. The lowest BCUT2D eigenvalue weighted by atomic mass is 9.50. The van der Waals surface area contributed by atoms with Crippen molar-refractivity contribution in [2.24, 2.45) is 23.2 Å². The van der Waals surface area contributed by atoms with E-state index in [-0.39, 0.29) is 32.7 Å². The number of halogens is 3. The summed E-state index contributed by atoms with van der Waals surface area (Å²) in [6.07, 6.45) is 6.90. The summed E-state index contributed by atoms with van der Waals surface area (Å²) in [5.74, 6) is -2.67. The minimum Gasteiger partial charge on any atom is -0.473 e. The molecule has 4 aliphatic carbocycles. The fourth-order valence-corrected chi connectivity index (χ4v) is 6.47. The molecule has 156 valence electrons. The van der Waals surface area contributed by atoms with Gasteiger partial charge in [0.25, 0.3) is 0 Å². The Kier molecular flexibility index (Phi) is 5.47. The number of esters is 2. The lowest BCUT2D eigenvalue weighted by Crippen LogP contribution is -2.48. The monoisotopic (exact) mass is 460 g/mol. The van der Waals surface area contributed by atoms with Crippen molar-refractivity contribution in [1.29, 1.82) is 0 Å². The molecule has 1 N–H and O–H groups in total. The number of rotatable bonds is 4. The molecule has 0 saturated heterocycles. The maximum atomic E-state index is 12.9. The number of benzene rings is 1. The standard InChI is InChI=1S/C20H19Cl3O6/c21-12-4-13(22)16(29-19(27)17(24)25)14(15(12)23)18(26)28-8-20-5-9-1-10(6-20)3-11(2-9)7-20/h4,9-11H,1-3,5-8H2,(H,24,25). The molecule has 0 aromatic heterocycles. The van der Waals surface area contributed by atoms with Crippen molar-refractivity contribution in [3.63, 3.8) is 0 Å². The largest absolute Gasteiger partial charge is 0.473 e. The molecule has 4 fully saturated rings. The molecule has 1 aromatic carbocycles. The van der Waals surface area contributed by atoms with Gasteiger partial charge in [-0.2, -0.15) is 0 Å². The number of carboxylic acids is 1. The number of carboxylic acid groups (broad SMARTS) is 1. The molecule has 29 heavy (non-hydrogen) atoms. The molecule has 0 amide bonds. The Morgan fingerprint density at radius 1 is 1.00 bits per heavy atom. The van der Waals surface area contributed by atoms with Crippen molar-refractivity contribution < 1.29 is 29.0 Å². The maximum Gasteiger partial charge on any atom is 0.422 e. The average molecular weight is 462 g/mol. The zero-order chi connectivity index (χ0) is 20.9. The van der Waals surface area contributed by atoms with Crippen molar-refractivity contribution in [1.82, 2.24) is 0 Å². The predicted octanol–water partition coefficient (Wildman–Crippen LogP) is 5.01. The minimum absolute atomic E-state index is 0.0306. The van der Waals surface area contributed by atoms with Crippen LogP contribution in [0.5, 0.6) is 5.75 Å². The number of ether oxygens (including phenoxy) is 2. The van der Waals surface area contributed by atoms with Crippen molar-refractivity contribution in [2.75, 3.05) is 6.61 Å². The zero-order valence-corrected chi connectivity index (χ0v) is 17.6. The van der Waals surface area contributed by atoms with E-state index < -0.39 is 23.7 Å². The van der Waals surface area contributed by atoms with Gasteiger partial charge in [0, 0.05) is 5.41 Å². The van der Waals surface area contributed by atoms with Crippen LogP contribution in [-0.4, -0.2) is 29.6 Å². The first-order chi connectivity index (χ1) is 13.7. The number of aliphatic carboxylic acids is 1. The Labute approximate surface area is 182 Å².